The van der Waals surface area contributed by atoms with Gasteiger partial charge in [-0.3, -0.25) is 19.8 Å². The number of urea groups is 1. The molecular weight excluding hydrogens is 312 g/mol. The number of pyridine rings is 1. The van der Waals surface area contributed by atoms with E-state index in [4.69, 9.17) is 0 Å². The highest BCUT2D eigenvalue weighted by Gasteiger charge is 2.29. The molecule has 2 heterocycles. The van der Waals surface area contributed by atoms with Crippen LogP contribution in [-0.2, 0) is 13.5 Å². The van der Waals surface area contributed by atoms with E-state index in [-0.39, 0.29) is 17.4 Å². The molecule has 0 fully saturated rings. The van der Waals surface area contributed by atoms with Crippen LogP contribution in [0.2, 0.25) is 0 Å². The number of nitrogens with zero attached hydrogens (tertiary/aromatic N) is 5. The standard InChI is InChI=1S/C15H18N6O3/c1-19(12-4-3-5-13-10(12)8-17-20(13)2)15(22)18-11-6-7-16-9-14(11)21(23)24/h6-9,12H,3-5H2,1-2H3,(H,16,18,22)/t12-/m1/s1. The lowest BCUT2D eigenvalue weighted by molar-refractivity contribution is -0.384. The highest BCUT2D eigenvalue weighted by atomic mass is 16.6. The average molecular weight is 330 g/mol. The van der Waals surface area contributed by atoms with Crippen LogP contribution in [0.3, 0.4) is 0 Å². The first-order valence-electron chi connectivity index (χ1n) is 7.62. The van der Waals surface area contributed by atoms with Crippen molar-refractivity contribution in [2.24, 2.45) is 7.05 Å². The van der Waals surface area contributed by atoms with Gasteiger partial charge in [-0.1, -0.05) is 0 Å². The molecule has 2 aromatic heterocycles. The number of rotatable bonds is 3. The molecule has 0 aromatic carbocycles. The Kier molecular flexibility index (Phi) is 4.15. The Morgan fingerprint density at radius 2 is 2.29 bits per heavy atom. The van der Waals surface area contributed by atoms with Crippen molar-refractivity contribution in [2.75, 3.05) is 12.4 Å². The molecule has 0 unspecified atom stereocenters. The smallest absolute Gasteiger partial charge is 0.320 e. The maximum atomic E-state index is 12.5. The molecule has 126 valence electrons. The van der Waals surface area contributed by atoms with E-state index >= 15 is 0 Å². The van der Waals surface area contributed by atoms with E-state index in [1.807, 2.05) is 11.7 Å². The summed E-state index contributed by atoms with van der Waals surface area (Å²) in [6, 6.07) is 0.926. The zero-order chi connectivity index (χ0) is 17.3. The summed E-state index contributed by atoms with van der Waals surface area (Å²) >= 11 is 0. The van der Waals surface area contributed by atoms with Crippen molar-refractivity contribution in [3.63, 3.8) is 0 Å². The van der Waals surface area contributed by atoms with Gasteiger partial charge in [0.05, 0.1) is 17.2 Å². The van der Waals surface area contributed by atoms with E-state index in [1.54, 1.807) is 18.1 Å². The highest BCUT2D eigenvalue weighted by Crippen LogP contribution is 2.33. The van der Waals surface area contributed by atoms with Crippen molar-refractivity contribution < 1.29 is 9.72 Å². The minimum atomic E-state index is -0.567. The molecular formula is C15H18N6O3. The topological polar surface area (TPSA) is 106 Å². The van der Waals surface area contributed by atoms with Gasteiger partial charge in [0.2, 0.25) is 0 Å². The van der Waals surface area contributed by atoms with Crippen LogP contribution in [0.15, 0.2) is 24.7 Å². The molecule has 1 aliphatic carbocycles. The fraction of sp³-hybridized carbons (Fsp3) is 0.400. The fourth-order valence-electron chi connectivity index (χ4n) is 3.07. The second-order valence-electron chi connectivity index (χ2n) is 5.77. The minimum Gasteiger partial charge on any atom is -0.320 e. The Bertz CT molecular complexity index is 787. The molecule has 9 nitrogen and oxygen atoms in total. The molecule has 1 aliphatic rings. The van der Waals surface area contributed by atoms with Gasteiger partial charge in [0.15, 0.2) is 0 Å². The Morgan fingerprint density at radius 1 is 1.50 bits per heavy atom. The largest absolute Gasteiger partial charge is 0.322 e. The molecule has 1 N–H and O–H groups in total. The number of carbonyl (C=O) groups is 1. The SMILES string of the molecule is CN(C(=O)Nc1ccncc1[N+](=O)[O-])[C@@H]1CCCc2c1cnn2C. The van der Waals surface area contributed by atoms with Gasteiger partial charge in [0.1, 0.15) is 11.9 Å². The van der Waals surface area contributed by atoms with Crippen LogP contribution >= 0.6 is 0 Å². The second kappa shape index (κ2) is 6.26. The number of anilines is 1. The van der Waals surface area contributed by atoms with Crippen molar-refractivity contribution in [1.82, 2.24) is 19.7 Å². The van der Waals surface area contributed by atoms with Gasteiger partial charge in [-0.05, 0) is 25.3 Å². The van der Waals surface area contributed by atoms with Gasteiger partial charge in [0, 0.05) is 31.5 Å². The van der Waals surface area contributed by atoms with Crippen LogP contribution in [0.1, 0.15) is 30.1 Å². The van der Waals surface area contributed by atoms with Gasteiger partial charge < -0.3 is 10.2 Å². The Hall–Kier alpha value is -2.97. The maximum absolute atomic E-state index is 12.5. The Morgan fingerprint density at radius 3 is 3.04 bits per heavy atom. The summed E-state index contributed by atoms with van der Waals surface area (Å²) in [7, 11) is 3.58. The third-order valence-corrected chi connectivity index (χ3v) is 4.37. The van der Waals surface area contributed by atoms with Crippen LogP contribution < -0.4 is 5.32 Å². The van der Waals surface area contributed by atoms with Gasteiger partial charge in [0.25, 0.3) is 0 Å². The molecule has 0 aliphatic heterocycles. The lowest BCUT2D eigenvalue weighted by atomic mass is 9.92. The summed E-state index contributed by atoms with van der Waals surface area (Å²) in [6.07, 6.45) is 7.05. The molecule has 2 aromatic rings. The van der Waals surface area contributed by atoms with Crippen LogP contribution in [0.25, 0.3) is 0 Å². The van der Waals surface area contributed by atoms with Gasteiger partial charge >= 0.3 is 11.7 Å². The quantitative estimate of drug-likeness (QED) is 0.686. The number of carbonyl (C=O) groups excluding carboxylic acids is 1. The van der Waals surface area contributed by atoms with Crippen LogP contribution in [0.5, 0.6) is 0 Å². The number of hydrogen-bond donors (Lipinski definition) is 1. The van der Waals surface area contributed by atoms with Crippen LogP contribution in [0.4, 0.5) is 16.2 Å². The van der Waals surface area contributed by atoms with E-state index in [0.29, 0.717) is 0 Å². The van der Waals surface area contributed by atoms with E-state index in [1.165, 1.54) is 12.3 Å². The molecule has 0 saturated heterocycles. The highest BCUT2D eigenvalue weighted by molar-refractivity contribution is 5.91. The third kappa shape index (κ3) is 2.80. The van der Waals surface area contributed by atoms with E-state index in [9.17, 15) is 14.9 Å². The summed E-state index contributed by atoms with van der Waals surface area (Å²) in [6.45, 7) is 0. The molecule has 9 heteroatoms. The number of fused-ring (bicyclic) bond motifs is 1. The number of aryl methyl sites for hydroxylation is 1. The first-order valence-corrected chi connectivity index (χ1v) is 7.62. The lowest BCUT2D eigenvalue weighted by Gasteiger charge is -2.31. The first-order chi connectivity index (χ1) is 11.5. The lowest BCUT2D eigenvalue weighted by Crippen LogP contribution is -2.36. The van der Waals surface area contributed by atoms with Crippen LogP contribution in [-0.4, -0.2) is 37.7 Å². The number of nitro groups is 1. The van der Waals surface area contributed by atoms with Crippen molar-refractivity contribution >= 4 is 17.4 Å². The molecule has 0 bridgehead atoms. The summed E-state index contributed by atoms with van der Waals surface area (Å²) in [5.74, 6) is 0. The summed E-state index contributed by atoms with van der Waals surface area (Å²) in [5, 5.41) is 17.9. The van der Waals surface area contributed by atoms with Crippen LogP contribution in [0, 0.1) is 10.1 Å². The third-order valence-electron chi connectivity index (χ3n) is 4.37. The average Bonchev–Trinajstić information content (AvgIpc) is 2.96. The number of aromatic nitrogens is 3. The molecule has 1 atom stereocenters. The summed E-state index contributed by atoms with van der Waals surface area (Å²) < 4.78 is 1.83. The molecule has 0 radical (unpaired) electrons. The van der Waals surface area contributed by atoms with E-state index in [2.05, 4.69) is 15.4 Å². The van der Waals surface area contributed by atoms with Crippen molar-refractivity contribution in [2.45, 2.75) is 25.3 Å². The Balaban J connectivity index is 1.80. The summed E-state index contributed by atoms with van der Waals surface area (Å²) in [4.78, 5) is 28.3. The number of hydrogen-bond acceptors (Lipinski definition) is 5. The van der Waals surface area contributed by atoms with Crippen molar-refractivity contribution in [1.29, 1.82) is 0 Å². The van der Waals surface area contributed by atoms with Gasteiger partial charge in [-0.25, -0.2) is 4.79 Å². The fourth-order valence-corrected chi connectivity index (χ4v) is 3.07. The van der Waals surface area contributed by atoms with Crippen molar-refractivity contribution in [3.05, 3.63) is 46.0 Å². The van der Waals surface area contributed by atoms with Gasteiger partial charge in [-0.2, -0.15) is 5.10 Å². The molecule has 0 spiro atoms. The summed E-state index contributed by atoms with van der Waals surface area (Å²) in [5.41, 5.74) is 2.06. The zero-order valence-electron chi connectivity index (χ0n) is 13.5. The number of nitrogens with one attached hydrogen (secondary N) is 1. The molecule has 2 amide bonds. The van der Waals surface area contributed by atoms with E-state index < -0.39 is 11.0 Å². The monoisotopic (exact) mass is 330 g/mol. The van der Waals surface area contributed by atoms with Crippen molar-refractivity contribution in [3.8, 4) is 0 Å². The maximum Gasteiger partial charge on any atom is 0.322 e. The van der Waals surface area contributed by atoms with Gasteiger partial charge in [-0.15, -0.1) is 0 Å². The minimum absolute atomic E-state index is 0.0941. The predicted octanol–water partition coefficient (Wildman–Crippen LogP) is 2.26. The number of amides is 2. The zero-order valence-corrected chi connectivity index (χ0v) is 13.5. The van der Waals surface area contributed by atoms with E-state index in [0.717, 1.165) is 36.7 Å². The normalized spacial score (nSPS) is 16.3. The molecule has 3 rings (SSSR count). The molecule has 0 saturated carbocycles. The second-order valence-corrected chi connectivity index (χ2v) is 5.77. The molecule has 24 heavy (non-hydrogen) atoms. The predicted molar refractivity (Wildman–Crippen MR) is 86.6 cm³/mol. The first kappa shape index (κ1) is 15.9. The Labute approximate surface area is 138 Å².